The lowest BCUT2D eigenvalue weighted by atomic mass is 10.0. The quantitative estimate of drug-likeness (QED) is 0.763. The molecule has 1 nitrogen and oxygen atoms in total. The first-order valence-corrected chi connectivity index (χ1v) is 6.43. The third-order valence-corrected chi connectivity index (χ3v) is 3.35. The molecule has 1 atom stereocenters. The summed E-state index contributed by atoms with van der Waals surface area (Å²) >= 11 is 0. The highest BCUT2D eigenvalue weighted by atomic mass is 14.9. The first-order valence-electron chi connectivity index (χ1n) is 6.43. The number of benzene rings is 1. The van der Waals surface area contributed by atoms with Crippen LogP contribution in [0, 0.1) is 13.8 Å². The Morgan fingerprint density at radius 3 is 2.69 bits per heavy atom. The van der Waals surface area contributed by atoms with Crippen LogP contribution in [0.25, 0.3) is 0 Å². The van der Waals surface area contributed by atoms with Crippen LogP contribution in [0.1, 0.15) is 49.8 Å². The molecule has 0 spiro atoms. The second-order valence-corrected chi connectivity index (χ2v) is 4.78. The monoisotopic (exact) mass is 219 g/mol. The molecule has 0 amide bonds. The molecule has 1 unspecified atom stereocenters. The minimum Gasteiger partial charge on any atom is -0.310 e. The molecule has 0 fully saturated rings. The van der Waals surface area contributed by atoms with Crippen molar-refractivity contribution in [2.45, 2.75) is 59.5 Å². The van der Waals surface area contributed by atoms with E-state index in [-0.39, 0.29) is 0 Å². The fraction of sp³-hybridized carbons (Fsp3) is 0.600. The number of nitrogens with one attached hydrogen (secondary N) is 1. The minimum absolute atomic E-state index is 0.625. The molecule has 0 saturated heterocycles. The van der Waals surface area contributed by atoms with Crippen LogP contribution in [0.2, 0.25) is 0 Å². The normalized spacial score (nSPS) is 12.8. The van der Waals surface area contributed by atoms with E-state index in [0.717, 1.165) is 6.54 Å². The van der Waals surface area contributed by atoms with Gasteiger partial charge in [0.15, 0.2) is 0 Å². The summed E-state index contributed by atoms with van der Waals surface area (Å²) in [5.74, 6) is 0. The van der Waals surface area contributed by atoms with Crippen molar-refractivity contribution in [1.82, 2.24) is 5.32 Å². The zero-order valence-electron chi connectivity index (χ0n) is 11.1. The molecule has 1 aromatic rings. The highest BCUT2D eigenvalue weighted by Crippen LogP contribution is 2.12. The summed E-state index contributed by atoms with van der Waals surface area (Å²) in [4.78, 5) is 0. The Labute approximate surface area is 100 Å². The van der Waals surface area contributed by atoms with Gasteiger partial charge in [0.1, 0.15) is 0 Å². The Hall–Kier alpha value is -0.820. The minimum atomic E-state index is 0.625. The van der Waals surface area contributed by atoms with E-state index in [2.05, 4.69) is 51.2 Å². The average molecular weight is 219 g/mol. The van der Waals surface area contributed by atoms with E-state index in [1.807, 2.05) is 0 Å². The Kier molecular flexibility index (Phi) is 5.54. The molecule has 0 aliphatic heterocycles. The van der Waals surface area contributed by atoms with Crippen LogP contribution in [-0.4, -0.2) is 6.04 Å². The van der Waals surface area contributed by atoms with Crippen molar-refractivity contribution >= 4 is 0 Å². The van der Waals surface area contributed by atoms with Crippen molar-refractivity contribution in [3.8, 4) is 0 Å². The van der Waals surface area contributed by atoms with Crippen molar-refractivity contribution in [3.05, 3.63) is 34.9 Å². The predicted molar refractivity (Wildman–Crippen MR) is 71.7 cm³/mol. The Bertz CT molecular complexity index is 317. The largest absolute Gasteiger partial charge is 0.310 e. The van der Waals surface area contributed by atoms with E-state index < -0.39 is 0 Å². The second-order valence-electron chi connectivity index (χ2n) is 4.78. The van der Waals surface area contributed by atoms with Crippen molar-refractivity contribution < 1.29 is 0 Å². The van der Waals surface area contributed by atoms with Crippen LogP contribution in [0.15, 0.2) is 18.2 Å². The maximum absolute atomic E-state index is 3.60. The van der Waals surface area contributed by atoms with Gasteiger partial charge in [0, 0.05) is 12.6 Å². The molecule has 1 rings (SSSR count). The van der Waals surface area contributed by atoms with Gasteiger partial charge in [-0.05, 0) is 43.9 Å². The van der Waals surface area contributed by atoms with Crippen LogP contribution < -0.4 is 5.32 Å². The van der Waals surface area contributed by atoms with Crippen LogP contribution in [-0.2, 0) is 6.54 Å². The summed E-state index contributed by atoms with van der Waals surface area (Å²) in [6.07, 6.45) is 3.89. The Balaban J connectivity index is 2.45. The van der Waals surface area contributed by atoms with Gasteiger partial charge < -0.3 is 5.32 Å². The fourth-order valence-electron chi connectivity index (χ4n) is 1.90. The first kappa shape index (κ1) is 13.2. The van der Waals surface area contributed by atoms with Crippen molar-refractivity contribution in [1.29, 1.82) is 0 Å². The van der Waals surface area contributed by atoms with Gasteiger partial charge in [-0.25, -0.2) is 0 Å². The van der Waals surface area contributed by atoms with E-state index >= 15 is 0 Å². The number of aryl methyl sites for hydroxylation is 1. The van der Waals surface area contributed by atoms with Crippen molar-refractivity contribution in [3.63, 3.8) is 0 Å². The summed E-state index contributed by atoms with van der Waals surface area (Å²) in [6, 6.07) is 7.18. The molecule has 1 N–H and O–H groups in total. The number of rotatable bonds is 6. The third kappa shape index (κ3) is 3.97. The van der Waals surface area contributed by atoms with Gasteiger partial charge in [-0.1, -0.05) is 38.0 Å². The van der Waals surface area contributed by atoms with Crippen molar-refractivity contribution in [2.24, 2.45) is 0 Å². The Morgan fingerprint density at radius 1 is 1.25 bits per heavy atom. The molecule has 0 heterocycles. The SMILES string of the molecule is CCCCC(C)NCc1cccc(C)c1C. The van der Waals surface area contributed by atoms with Crippen molar-refractivity contribution in [2.75, 3.05) is 0 Å². The van der Waals surface area contributed by atoms with E-state index in [0.29, 0.717) is 6.04 Å². The maximum atomic E-state index is 3.60. The topological polar surface area (TPSA) is 12.0 Å². The molecule has 1 heteroatoms. The van der Waals surface area contributed by atoms with Crippen LogP contribution in [0.3, 0.4) is 0 Å². The maximum Gasteiger partial charge on any atom is 0.0210 e. The molecule has 0 aliphatic rings. The smallest absolute Gasteiger partial charge is 0.0210 e. The molecule has 1 aromatic carbocycles. The first-order chi connectivity index (χ1) is 7.65. The predicted octanol–water partition coefficient (Wildman–Crippen LogP) is 3.97. The van der Waals surface area contributed by atoms with Gasteiger partial charge in [0.05, 0.1) is 0 Å². The molecule has 0 bridgehead atoms. The van der Waals surface area contributed by atoms with Gasteiger partial charge in [-0.3, -0.25) is 0 Å². The van der Waals surface area contributed by atoms with Gasteiger partial charge in [-0.2, -0.15) is 0 Å². The van der Waals surface area contributed by atoms with Gasteiger partial charge in [0.2, 0.25) is 0 Å². The lowest BCUT2D eigenvalue weighted by molar-refractivity contribution is 0.494. The van der Waals surface area contributed by atoms with Gasteiger partial charge >= 0.3 is 0 Å². The number of hydrogen-bond acceptors (Lipinski definition) is 1. The molecule has 0 aromatic heterocycles. The van der Waals surface area contributed by atoms with Gasteiger partial charge in [-0.15, -0.1) is 0 Å². The molecule has 16 heavy (non-hydrogen) atoms. The van der Waals surface area contributed by atoms with E-state index in [1.165, 1.54) is 36.0 Å². The zero-order chi connectivity index (χ0) is 12.0. The zero-order valence-corrected chi connectivity index (χ0v) is 11.1. The summed E-state index contributed by atoms with van der Waals surface area (Å²) in [5, 5.41) is 3.60. The van der Waals surface area contributed by atoms with Gasteiger partial charge in [0.25, 0.3) is 0 Å². The molecule has 0 radical (unpaired) electrons. The van der Waals surface area contributed by atoms with E-state index in [1.54, 1.807) is 0 Å². The molecule has 0 saturated carbocycles. The lowest BCUT2D eigenvalue weighted by Gasteiger charge is -2.15. The molecular weight excluding hydrogens is 194 g/mol. The highest BCUT2D eigenvalue weighted by molar-refractivity contribution is 5.32. The fourth-order valence-corrected chi connectivity index (χ4v) is 1.90. The number of unbranched alkanes of at least 4 members (excludes halogenated alkanes) is 1. The average Bonchev–Trinajstić information content (AvgIpc) is 2.28. The second kappa shape index (κ2) is 6.70. The highest BCUT2D eigenvalue weighted by Gasteiger charge is 2.03. The third-order valence-electron chi connectivity index (χ3n) is 3.35. The molecule has 90 valence electrons. The summed E-state index contributed by atoms with van der Waals surface area (Å²) in [7, 11) is 0. The molecular formula is C15H25N. The Morgan fingerprint density at radius 2 is 2.00 bits per heavy atom. The van der Waals surface area contributed by atoms with Crippen LogP contribution in [0.4, 0.5) is 0 Å². The lowest BCUT2D eigenvalue weighted by Crippen LogP contribution is -2.25. The summed E-state index contributed by atoms with van der Waals surface area (Å²) < 4.78 is 0. The van der Waals surface area contributed by atoms with E-state index in [9.17, 15) is 0 Å². The van der Waals surface area contributed by atoms with Crippen LogP contribution in [0.5, 0.6) is 0 Å². The summed E-state index contributed by atoms with van der Waals surface area (Å²) in [6.45, 7) is 9.92. The summed E-state index contributed by atoms with van der Waals surface area (Å²) in [5.41, 5.74) is 4.25. The number of hydrogen-bond donors (Lipinski definition) is 1. The standard InChI is InChI=1S/C15H25N/c1-5-6-9-13(3)16-11-15-10-7-8-12(2)14(15)4/h7-8,10,13,16H,5-6,9,11H2,1-4H3. The molecule has 0 aliphatic carbocycles. The van der Waals surface area contributed by atoms with Crippen LogP contribution >= 0.6 is 0 Å². The van der Waals surface area contributed by atoms with E-state index in [4.69, 9.17) is 0 Å².